The Labute approximate surface area is 130 Å². The summed E-state index contributed by atoms with van der Waals surface area (Å²) in [5.41, 5.74) is 4.12. The summed E-state index contributed by atoms with van der Waals surface area (Å²) in [5.74, 6) is 0.832. The number of aromatic nitrogens is 2. The lowest BCUT2D eigenvalue weighted by atomic mass is 10.1. The van der Waals surface area contributed by atoms with Gasteiger partial charge in [-0.2, -0.15) is 5.10 Å². The number of para-hydroxylation sites is 2. The first-order valence-corrected chi connectivity index (χ1v) is 7.25. The monoisotopic (exact) mass is 293 g/mol. The van der Waals surface area contributed by atoms with E-state index in [1.807, 2.05) is 66.3 Å². The molecule has 0 aliphatic carbocycles. The summed E-state index contributed by atoms with van der Waals surface area (Å²) in [5, 5.41) is 7.98. The molecule has 0 saturated heterocycles. The molecule has 0 saturated carbocycles. The predicted octanol–water partition coefficient (Wildman–Crippen LogP) is 3.27. The first kappa shape index (κ1) is 14.4. The van der Waals surface area contributed by atoms with Crippen LogP contribution in [-0.4, -0.2) is 23.9 Å². The van der Waals surface area contributed by atoms with E-state index in [0.717, 1.165) is 34.8 Å². The van der Waals surface area contributed by atoms with Crippen molar-refractivity contribution in [1.82, 2.24) is 15.1 Å². The lowest BCUT2D eigenvalue weighted by molar-refractivity contribution is 0.416. The van der Waals surface area contributed by atoms with Crippen LogP contribution >= 0.6 is 0 Å². The number of rotatable bonds is 5. The molecule has 0 aliphatic heterocycles. The lowest BCUT2D eigenvalue weighted by Crippen LogP contribution is -2.05. The van der Waals surface area contributed by atoms with Gasteiger partial charge >= 0.3 is 0 Å². The van der Waals surface area contributed by atoms with Crippen LogP contribution in [0.3, 0.4) is 0 Å². The highest BCUT2D eigenvalue weighted by Crippen LogP contribution is 2.31. The number of benzene rings is 2. The molecule has 1 N–H and O–H groups in total. The topological polar surface area (TPSA) is 39.1 Å². The van der Waals surface area contributed by atoms with E-state index in [0.29, 0.717) is 0 Å². The van der Waals surface area contributed by atoms with Gasteiger partial charge in [-0.05, 0) is 31.3 Å². The van der Waals surface area contributed by atoms with Gasteiger partial charge in [-0.1, -0.05) is 30.3 Å². The third-order valence-corrected chi connectivity index (χ3v) is 3.54. The van der Waals surface area contributed by atoms with Gasteiger partial charge < -0.3 is 10.1 Å². The molecule has 1 heterocycles. The molecule has 0 aliphatic rings. The Morgan fingerprint density at radius 3 is 2.50 bits per heavy atom. The van der Waals surface area contributed by atoms with Crippen LogP contribution in [0.2, 0.25) is 0 Å². The van der Waals surface area contributed by atoms with E-state index in [1.54, 1.807) is 7.11 Å². The van der Waals surface area contributed by atoms with Crippen LogP contribution in [0.1, 0.15) is 5.56 Å². The van der Waals surface area contributed by atoms with E-state index in [4.69, 9.17) is 9.84 Å². The fourth-order valence-electron chi connectivity index (χ4n) is 2.51. The third kappa shape index (κ3) is 2.73. The standard InChI is InChI=1S/C18H19N3O/c1-19-12-14-13-21(15-8-4-3-5-9-15)20-18(14)16-10-6-7-11-17(16)22-2/h3-11,13,19H,12H2,1-2H3. The zero-order chi connectivity index (χ0) is 15.4. The molecule has 1 aromatic heterocycles. The quantitative estimate of drug-likeness (QED) is 0.784. The molecular weight excluding hydrogens is 274 g/mol. The van der Waals surface area contributed by atoms with E-state index in [9.17, 15) is 0 Å². The molecule has 0 spiro atoms. The normalized spacial score (nSPS) is 10.6. The summed E-state index contributed by atoms with van der Waals surface area (Å²) in [6.45, 7) is 0.750. The molecule has 2 aromatic carbocycles. The minimum atomic E-state index is 0.750. The highest BCUT2D eigenvalue weighted by Gasteiger charge is 2.15. The van der Waals surface area contributed by atoms with Gasteiger partial charge in [0.2, 0.25) is 0 Å². The van der Waals surface area contributed by atoms with Gasteiger partial charge in [-0.15, -0.1) is 0 Å². The first-order valence-electron chi connectivity index (χ1n) is 7.25. The molecule has 0 atom stereocenters. The van der Waals surface area contributed by atoms with Crippen molar-refractivity contribution in [3.63, 3.8) is 0 Å². The summed E-state index contributed by atoms with van der Waals surface area (Å²) in [6, 6.07) is 18.1. The summed E-state index contributed by atoms with van der Waals surface area (Å²) < 4.78 is 7.39. The van der Waals surface area contributed by atoms with Crippen molar-refractivity contribution in [2.24, 2.45) is 0 Å². The molecule has 112 valence electrons. The molecule has 0 fully saturated rings. The zero-order valence-corrected chi connectivity index (χ0v) is 12.8. The van der Waals surface area contributed by atoms with E-state index < -0.39 is 0 Å². The van der Waals surface area contributed by atoms with Crippen molar-refractivity contribution in [2.75, 3.05) is 14.2 Å². The molecule has 0 amide bonds. The van der Waals surface area contributed by atoms with Gasteiger partial charge in [0, 0.05) is 23.9 Å². The average molecular weight is 293 g/mol. The molecule has 22 heavy (non-hydrogen) atoms. The molecule has 3 rings (SSSR count). The van der Waals surface area contributed by atoms with Crippen LogP contribution in [0.4, 0.5) is 0 Å². The molecule has 4 nitrogen and oxygen atoms in total. The van der Waals surface area contributed by atoms with Crippen molar-refractivity contribution in [3.05, 3.63) is 66.4 Å². The Kier molecular flexibility index (Phi) is 4.21. The van der Waals surface area contributed by atoms with E-state index in [-0.39, 0.29) is 0 Å². The smallest absolute Gasteiger partial charge is 0.128 e. The summed E-state index contributed by atoms with van der Waals surface area (Å²) >= 11 is 0. The maximum Gasteiger partial charge on any atom is 0.128 e. The second-order valence-corrected chi connectivity index (χ2v) is 5.01. The zero-order valence-electron chi connectivity index (χ0n) is 12.8. The highest BCUT2D eigenvalue weighted by atomic mass is 16.5. The summed E-state index contributed by atoms with van der Waals surface area (Å²) in [7, 11) is 3.62. The van der Waals surface area contributed by atoms with Gasteiger partial charge in [0.25, 0.3) is 0 Å². The molecule has 0 radical (unpaired) electrons. The maximum atomic E-state index is 5.48. The summed E-state index contributed by atoms with van der Waals surface area (Å²) in [4.78, 5) is 0. The first-order chi connectivity index (χ1) is 10.8. The number of hydrogen-bond acceptors (Lipinski definition) is 3. The van der Waals surface area contributed by atoms with Gasteiger partial charge in [-0.25, -0.2) is 4.68 Å². The van der Waals surface area contributed by atoms with Gasteiger partial charge in [0.05, 0.1) is 12.8 Å². The Bertz CT molecular complexity index is 750. The maximum absolute atomic E-state index is 5.48. The van der Waals surface area contributed by atoms with Crippen LogP contribution in [0, 0.1) is 0 Å². The average Bonchev–Trinajstić information content (AvgIpc) is 3.00. The van der Waals surface area contributed by atoms with Gasteiger partial charge in [-0.3, -0.25) is 0 Å². The van der Waals surface area contributed by atoms with Gasteiger partial charge in [0.1, 0.15) is 11.4 Å². The van der Waals surface area contributed by atoms with E-state index >= 15 is 0 Å². The van der Waals surface area contributed by atoms with Crippen LogP contribution in [0.5, 0.6) is 5.75 Å². The number of nitrogens with zero attached hydrogens (tertiary/aromatic N) is 2. The predicted molar refractivity (Wildman–Crippen MR) is 88.3 cm³/mol. The number of nitrogens with one attached hydrogen (secondary N) is 1. The molecular formula is C18H19N3O. The molecule has 4 heteroatoms. The minimum Gasteiger partial charge on any atom is -0.496 e. The van der Waals surface area contributed by atoms with Crippen LogP contribution in [0.15, 0.2) is 60.8 Å². The van der Waals surface area contributed by atoms with Crippen molar-refractivity contribution in [3.8, 4) is 22.7 Å². The molecule has 0 bridgehead atoms. The Balaban J connectivity index is 2.12. The minimum absolute atomic E-state index is 0.750. The largest absolute Gasteiger partial charge is 0.496 e. The number of ether oxygens (including phenoxy) is 1. The lowest BCUT2D eigenvalue weighted by Gasteiger charge is -2.07. The van der Waals surface area contributed by atoms with Crippen LogP contribution in [-0.2, 0) is 6.54 Å². The van der Waals surface area contributed by atoms with Crippen molar-refractivity contribution in [1.29, 1.82) is 0 Å². The fraction of sp³-hybridized carbons (Fsp3) is 0.167. The van der Waals surface area contributed by atoms with Gasteiger partial charge in [0.15, 0.2) is 0 Å². The Morgan fingerprint density at radius 1 is 1.05 bits per heavy atom. The van der Waals surface area contributed by atoms with Crippen LogP contribution in [0.25, 0.3) is 16.9 Å². The number of methoxy groups -OCH3 is 1. The van der Waals surface area contributed by atoms with Crippen molar-refractivity contribution >= 4 is 0 Å². The van der Waals surface area contributed by atoms with Crippen LogP contribution < -0.4 is 10.1 Å². The highest BCUT2D eigenvalue weighted by molar-refractivity contribution is 5.70. The summed E-state index contributed by atoms with van der Waals surface area (Å²) in [6.07, 6.45) is 2.06. The van der Waals surface area contributed by atoms with Crippen molar-refractivity contribution in [2.45, 2.75) is 6.54 Å². The Morgan fingerprint density at radius 2 is 1.77 bits per heavy atom. The second-order valence-electron chi connectivity index (χ2n) is 5.01. The third-order valence-electron chi connectivity index (χ3n) is 3.54. The van der Waals surface area contributed by atoms with E-state index in [2.05, 4.69) is 11.5 Å². The molecule has 3 aromatic rings. The molecule has 0 unspecified atom stereocenters. The SMILES string of the molecule is CNCc1cn(-c2ccccc2)nc1-c1ccccc1OC. The number of hydrogen-bond donors (Lipinski definition) is 1. The second kappa shape index (κ2) is 6.45. The Hall–Kier alpha value is -2.59. The fourth-order valence-corrected chi connectivity index (χ4v) is 2.51. The van der Waals surface area contributed by atoms with E-state index in [1.165, 1.54) is 0 Å². The van der Waals surface area contributed by atoms with Crippen molar-refractivity contribution < 1.29 is 4.74 Å².